The second kappa shape index (κ2) is 7.21. The molecule has 7 nitrogen and oxygen atoms in total. The van der Waals surface area contributed by atoms with Crippen molar-refractivity contribution in [1.82, 2.24) is 14.6 Å². The van der Waals surface area contributed by atoms with Gasteiger partial charge in [-0.25, -0.2) is 13.4 Å². The van der Waals surface area contributed by atoms with Gasteiger partial charge in [0.2, 0.25) is 10.0 Å². The molecule has 1 aromatic heterocycles. The molecule has 4 rings (SSSR count). The lowest BCUT2D eigenvalue weighted by molar-refractivity contribution is 0.0909. The fourth-order valence-electron chi connectivity index (χ4n) is 4.10. The Kier molecular flexibility index (Phi) is 4.92. The fourth-order valence-corrected chi connectivity index (χ4v) is 6.07. The van der Waals surface area contributed by atoms with Crippen LogP contribution in [0.1, 0.15) is 36.0 Å². The van der Waals surface area contributed by atoms with Gasteiger partial charge in [0.1, 0.15) is 5.75 Å². The number of piperidine rings is 1. The first-order chi connectivity index (χ1) is 12.9. The Morgan fingerprint density at radius 3 is 2.44 bits per heavy atom. The molecule has 2 saturated heterocycles. The average molecular weight is 408 g/mol. The molecule has 0 spiro atoms. The molecular formula is C18H21N3O4S2. The number of hydrogen-bond donors (Lipinski definition) is 1. The standard InChI is InChI=1S/C18H21N3O4S2/c1-27(23,24)21-14-4-5-15(21)11-13(10-14)20-17(22)12-2-6-16(7-3-12)25-18-19-8-9-26-18/h2-3,6-9,13-15H,4-5,10-11H2,1H3,(H,20,22). The number of nitrogens with zero attached hydrogens (tertiary/aromatic N) is 2. The predicted molar refractivity (Wildman–Crippen MR) is 103 cm³/mol. The zero-order valence-corrected chi connectivity index (χ0v) is 16.5. The molecule has 27 heavy (non-hydrogen) atoms. The van der Waals surface area contributed by atoms with E-state index in [0.717, 1.165) is 12.8 Å². The van der Waals surface area contributed by atoms with Crippen molar-refractivity contribution in [3.8, 4) is 10.9 Å². The third-order valence-corrected chi connectivity index (χ3v) is 7.13. The summed E-state index contributed by atoms with van der Waals surface area (Å²) >= 11 is 1.40. The number of fused-ring (bicyclic) bond motifs is 2. The van der Waals surface area contributed by atoms with Gasteiger partial charge in [0.05, 0.1) is 6.26 Å². The molecule has 1 N–H and O–H groups in total. The molecule has 2 aliphatic rings. The number of sulfonamides is 1. The molecule has 3 heterocycles. The van der Waals surface area contributed by atoms with Crippen LogP contribution >= 0.6 is 11.3 Å². The van der Waals surface area contributed by atoms with E-state index >= 15 is 0 Å². The van der Waals surface area contributed by atoms with Gasteiger partial charge in [0.25, 0.3) is 11.1 Å². The molecule has 0 aliphatic carbocycles. The van der Waals surface area contributed by atoms with Crippen LogP contribution in [0.5, 0.6) is 10.9 Å². The van der Waals surface area contributed by atoms with Crippen molar-refractivity contribution >= 4 is 27.3 Å². The Labute approximate surface area is 162 Å². The lowest BCUT2D eigenvalue weighted by Gasteiger charge is -2.37. The monoisotopic (exact) mass is 407 g/mol. The molecule has 2 bridgehead atoms. The van der Waals surface area contributed by atoms with E-state index in [1.807, 2.05) is 5.38 Å². The minimum absolute atomic E-state index is 0.000699. The lowest BCUT2D eigenvalue weighted by Crippen LogP contribution is -2.52. The van der Waals surface area contributed by atoms with Crippen molar-refractivity contribution in [2.75, 3.05) is 6.26 Å². The van der Waals surface area contributed by atoms with Crippen LogP contribution < -0.4 is 10.1 Å². The summed E-state index contributed by atoms with van der Waals surface area (Å²) in [4.78, 5) is 16.6. The predicted octanol–water partition coefficient (Wildman–Crippen LogP) is 2.62. The second-order valence-electron chi connectivity index (χ2n) is 7.04. The summed E-state index contributed by atoms with van der Waals surface area (Å²) < 4.78 is 31.2. The maximum atomic E-state index is 12.6. The summed E-state index contributed by atoms with van der Waals surface area (Å²) in [6, 6.07) is 6.92. The van der Waals surface area contributed by atoms with E-state index in [1.165, 1.54) is 17.6 Å². The van der Waals surface area contributed by atoms with E-state index in [4.69, 9.17) is 4.74 Å². The summed E-state index contributed by atoms with van der Waals surface area (Å²) in [5.41, 5.74) is 0.555. The van der Waals surface area contributed by atoms with Gasteiger partial charge in [-0.15, -0.1) is 0 Å². The van der Waals surface area contributed by atoms with Crippen molar-refractivity contribution in [2.24, 2.45) is 0 Å². The smallest absolute Gasteiger partial charge is 0.278 e. The molecule has 2 fully saturated rings. The maximum absolute atomic E-state index is 12.6. The molecule has 2 atom stereocenters. The minimum Gasteiger partial charge on any atom is -0.431 e. The number of ether oxygens (including phenoxy) is 1. The first kappa shape index (κ1) is 18.4. The van der Waals surface area contributed by atoms with Gasteiger partial charge in [-0.05, 0) is 49.9 Å². The number of hydrogen-bond acceptors (Lipinski definition) is 6. The molecule has 2 aliphatic heterocycles. The van der Waals surface area contributed by atoms with E-state index in [1.54, 1.807) is 34.8 Å². The van der Waals surface area contributed by atoms with Crippen LogP contribution in [0.4, 0.5) is 0 Å². The van der Waals surface area contributed by atoms with Crippen molar-refractivity contribution in [3.63, 3.8) is 0 Å². The highest BCUT2D eigenvalue weighted by atomic mass is 32.2. The fraction of sp³-hybridized carbons (Fsp3) is 0.444. The zero-order chi connectivity index (χ0) is 19.0. The third-order valence-electron chi connectivity index (χ3n) is 5.12. The van der Waals surface area contributed by atoms with Gasteiger partial charge in [-0.3, -0.25) is 4.79 Å². The van der Waals surface area contributed by atoms with Gasteiger partial charge in [-0.1, -0.05) is 11.3 Å². The van der Waals surface area contributed by atoms with Gasteiger partial charge in [0, 0.05) is 35.3 Å². The van der Waals surface area contributed by atoms with E-state index in [0.29, 0.717) is 29.3 Å². The zero-order valence-electron chi connectivity index (χ0n) is 14.9. The highest BCUT2D eigenvalue weighted by molar-refractivity contribution is 7.88. The molecule has 1 amide bonds. The SMILES string of the molecule is CS(=O)(=O)N1C2CCC1CC(NC(=O)c1ccc(Oc3nccs3)cc1)C2. The number of carbonyl (C=O) groups is 1. The van der Waals surface area contributed by atoms with Crippen LogP contribution in [-0.4, -0.2) is 48.0 Å². The highest BCUT2D eigenvalue weighted by Gasteiger charge is 2.45. The van der Waals surface area contributed by atoms with Gasteiger partial charge in [0.15, 0.2) is 0 Å². The van der Waals surface area contributed by atoms with Crippen molar-refractivity contribution < 1.29 is 17.9 Å². The largest absolute Gasteiger partial charge is 0.431 e. The van der Waals surface area contributed by atoms with Gasteiger partial charge >= 0.3 is 0 Å². The van der Waals surface area contributed by atoms with Crippen LogP contribution in [-0.2, 0) is 10.0 Å². The Morgan fingerprint density at radius 1 is 1.22 bits per heavy atom. The van der Waals surface area contributed by atoms with Gasteiger partial charge in [-0.2, -0.15) is 4.31 Å². The number of rotatable bonds is 5. The summed E-state index contributed by atoms with van der Waals surface area (Å²) in [5.74, 6) is 0.481. The number of benzene rings is 1. The van der Waals surface area contributed by atoms with E-state index < -0.39 is 10.0 Å². The average Bonchev–Trinajstić information content (AvgIpc) is 3.21. The summed E-state index contributed by atoms with van der Waals surface area (Å²) in [6.07, 6.45) is 6.01. The molecule has 0 saturated carbocycles. The Morgan fingerprint density at radius 2 is 1.89 bits per heavy atom. The molecule has 144 valence electrons. The third kappa shape index (κ3) is 3.99. The van der Waals surface area contributed by atoms with Crippen molar-refractivity contribution in [2.45, 2.75) is 43.8 Å². The van der Waals surface area contributed by atoms with Crippen molar-refractivity contribution in [3.05, 3.63) is 41.4 Å². The molecule has 0 radical (unpaired) electrons. The summed E-state index contributed by atoms with van der Waals surface area (Å²) in [7, 11) is -3.19. The Balaban J connectivity index is 1.37. The first-order valence-corrected chi connectivity index (χ1v) is 11.6. The quantitative estimate of drug-likeness (QED) is 0.823. The molecular weight excluding hydrogens is 386 g/mol. The van der Waals surface area contributed by atoms with E-state index in [9.17, 15) is 13.2 Å². The van der Waals surface area contributed by atoms with Crippen LogP contribution in [0.15, 0.2) is 35.8 Å². The normalized spacial score (nSPS) is 25.3. The molecule has 2 unspecified atom stereocenters. The summed E-state index contributed by atoms with van der Waals surface area (Å²) in [6.45, 7) is 0. The van der Waals surface area contributed by atoms with Crippen LogP contribution in [0.2, 0.25) is 0 Å². The first-order valence-electron chi connectivity index (χ1n) is 8.87. The minimum atomic E-state index is -3.19. The maximum Gasteiger partial charge on any atom is 0.278 e. The summed E-state index contributed by atoms with van der Waals surface area (Å²) in [5, 5.41) is 5.45. The van der Waals surface area contributed by atoms with Crippen molar-refractivity contribution in [1.29, 1.82) is 0 Å². The Hall–Kier alpha value is -1.97. The molecule has 9 heteroatoms. The lowest BCUT2D eigenvalue weighted by atomic mass is 9.99. The molecule has 2 aromatic rings. The number of carbonyl (C=O) groups excluding carboxylic acids is 1. The van der Waals surface area contributed by atoms with Crippen LogP contribution in [0.25, 0.3) is 0 Å². The molecule has 1 aromatic carbocycles. The number of amides is 1. The number of aromatic nitrogens is 1. The number of nitrogens with one attached hydrogen (secondary N) is 1. The van der Waals surface area contributed by atoms with E-state index in [2.05, 4.69) is 10.3 Å². The van der Waals surface area contributed by atoms with Crippen LogP contribution in [0.3, 0.4) is 0 Å². The Bertz CT molecular complexity index is 899. The van der Waals surface area contributed by atoms with E-state index in [-0.39, 0.29) is 24.0 Å². The number of thiazole rings is 1. The highest BCUT2D eigenvalue weighted by Crippen LogP contribution is 2.37. The second-order valence-corrected chi connectivity index (χ2v) is 9.79. The van der Waals surface area contributed by atoms with Crippen LogP contribution in [0, 0.1) is 0 Å². The topological polar surface area (TPSA) is 88.6 Å². The van der Waals surface area contributed by atoms with Gasteiger partial charge < -0.3 is 10.1 Å².